The van der Waals surface area contributed by atoms with Crippen molar-refractivity contribution in [3.8, 4) is 0 Å². The Hall–Kier alpha value is -0.380. The Balaban J connectivity index is 2.43. The molecule has 1 aromatic carbocycles. The number of nitrogens with zero attached hydrogens (tertiary/aromatic N) is 1. The number of rotatable bonds is 8. The lowest BCUT2D eigenvalue weighted by Gasteiger charge is -2.22. The molecule has 0 aromatic heterocycles. The van der Waals surface area contributed by atoms with Gasteiger partial charge in [0.25, 0.3) is 0 Å². The summed E-state index contributed by atoms with van der Waals surface area (Å²) in [6.07, 6.45) is 2.80. The molecule has 0 aliphatic carbocycles. The molecule has 0 amide bonds. The number of aliphatic hydroxyl groups is 1. The largest absolute Gasteiger partial charge is 0.388 e. The van der Waals surface area contributed by atoms with Crippen LogP contribution in [0.25, 0.3) is 0 Å². The van der Waals surface area contributed by atoms with Gasteiger partial charge < -0.3 is 10.0 Å². The second-order valence-electron chi connectivity index (χ2n) is 4.70. The molecule has 0 radical (unpaired) electrons. The Morgan fingerprint density at radius 3 is 2.11 bits per heavy atom. The second-order valence-corrected chi connectivity index (χ2v) is 5.61. The number of benzene rings is 1. The van der Waals surface area contributed by atoms with Gasteiger partial charge in [-0.1, -0.05) is 41.9 Å². The molecule has 1 N–H and O–H groups in total. The Bertz CT molecular complexity index is 320. The fraction of sp³-hybridized carbons (Fsp3) is 0.600. The smallest absolute Gasteiger partial charge is 0.0802 e. The zero-order chi connectivity index (χ0) is 13.4. The van der Waals surface area contributed by atoms with Crippen LogP contribution < -0.4 is 0 Å². The van der Waals surface area contributed by atoms with Gasteiger partial charge in [-0.05, 0) is 50.0 Å². The molecule has 0 aliphatic heterocycles. The summed E-state index contributed by atoms with van der Waals surface area (Å²) in [6.45, 7) is 7.63. The van der Waals surface area contributed by atoms with Crippen molar-refractivity contribution in [1.82, 2.24) is 4.90 Å². The summed E-state index contributed by atoms with van der Waals surface area (Å²) in [5.41, 5.74) is 1.01. The lowest BCUT2D eigenvalue weighted by atomic mass is 10.1. The van der Waals surface area contributed by atoms with Gasteiger partial charge in [-0.3, -0.25) is 0 Å². The highest BCUT2D eigenvalue weighted by Gasteiger charge is 2.10. The van der Waals surface area contributed by atoms with Gasteiger partial charge in [-0.2, -0.15) is 0 Å². The molecule has 0 spiro atoms. The first kappa shape index (κ1) is 15.7. The van der Waals surface area contributed by atoms with Crippen molar-refractivity contribution in [3.05, 3.63) is 34.3 Å². The standard InChI is InChI=1S/C15H24BrNO/c1-3-10-17(11-4-2)12-9-15(18)13-5-7-14(16)8-6-13/h5-8,15,18H,3-4,9-12H2,1-2H3. The van der Waals surface area contributed by atoms with Crippen LogP contribution in [0.5, 0.6) is 0 Å². The fourth-order valence-electron chi connectivity index (χ4n) is 2.12. The van der Waals surface area contributed by atoms with Crippen molar-refractivity contribution < 1.29 is 5.11 Å². The van der Waals surface area contributed by atoms with Crippen molar-refractivity contribution in [2.75, 3.05) is 19.6 Å². The van der Waals surface area contributed by atoms with Gasteiger partial charge in [0.05, 0.1) is 6.10 Å². The van der Waals surface area contributed by atoms with E-state index < -0.39 is 0 Å². The monoisotopic (exact) mass is 313 g/mol. The van der Waals surface area contributed by atoms with Gasteiger partial charge in [0.1, 0.15) is 0 Å². The number of aliphatic hydroxyl groups excluding tert-OH is 1. The zero-order valence-electron chi connectivity index (χ0n) is 11.4. The molecule has 18 heavy (non-hydrogen) atoms. The van der Waals surface area contributed by atoms with E-state index in [0.29, 0.717) is 0 Å². The van der Waals surface area contributed by atoms with Gasteiger partial charge in [-0.25, -0.2) is 0 Å². The first-order valence-electron chi connectivity index (χ1n) is 6.83. The molecule has 0 aliphatic rings. The van der Waals surface area contributed by atoms with Crippen LogP contribution in [0.4, 0.5) is 0 Å². The zero-order valence-corrected chi connectivity index (χ0v) is 13.0. The topological polar surface area (TPSA) is 23.5 Å². The third-order valence-corrected chi connectivity index (χ3v) is 3.58. The van der Waals surface area contributed by atoms with E-state index in [-0.39, 0.29) is 6.10 Å². The molecule has 0 saturated heterocycles. The van der Waals surface area contributed by atoms with Gasteiger partial charge in [-0.15, -0.1) is 0 Å². The Morgan fingerprint density at radius 2 is 1.61 bits per heavy atom. The van der Waals surface area contributed by atoms with E-state index in [1.165, 1.54) is 12.8 Å². The molecule has 1 rings (SSSR count). The molecule has 1 aromatic rings. The van der Waals surface area contributed by atoms with Crippen LogP contribution in [0, 0.1) is 0 Å². The lowest BCUT2D eigenvalue weighted by molar-refractivity contribution is 0.141. The molecule has 0 bridgehead atoms. The minimum absolute atomic E-state index is 0.352. The van der Waals surface area contributed by atoms with Crippen LogP contribution in [0.1, 0.15) is 44.8 Å². The molecule has 0 heterocycles. The van der Waals surface area contributed by atoms with Crippen molar-refractivity contribution in [2.24, 2.45) is 0 Å². The molecular weight excluding hydrogens is 290 g/mol. The first-order valence-corrected chi connectivity index (χ1v) is 7.62. The minimum atomic E-state index is -0.352. The Morgan fingerprint density at radius 1 is 1.06 bits per heavy atom. The number of hydrogen-bond acceptors (Lipinski definition) is 2. The predicted molar refractivity (Wildman–Crippen MR) is 80.7 cm³/mol. The summed E-state index contributed by atoms with van der Waals surface area (Å²) >= 11 is 3.41. The molecule has 102 valence electrons. The van der Waals surface area contributed by atoms with E-state index in [1.54, 1.807) is 0 Å². The second kappa shape index (κ2) is 8.68. The van der Waals surface area contributed by atoms with Crippen molar-refractivity contribution in [2.45, 2.75) is 39.2 Å². The SMILES string of the molecule is CCCN(CCC)CCC(O)c1ccc(Br)cc1. The molecule has 2 nitrogen and oxygen atoms in total. The molecular formula is C15H24BrNO. The summed E-state index contributed by atoms with van der Waals surface area (Å²) in [5.74, 6) is 0. The fourth-order valence-corrected chi connectivity index (χ4v) is 2.39. The maximum atomic E-state index is 10.2. The summed E-state index contributed by atoms with van der Waals surface area (Å²) in [7, 11) is 0. The van der Waals surface area contributed by atoms with Crippen LogP contribution in [-0.2, 0) is 0 Å². The highest BCUT2D eigenvalue weighted by atomic mass is 79.9. The average molecular weight is 314 g/mol. The van der Waals surface area contributed by atoms with E-state index in [1.807, 2.05) is 24.3 Å². The van der Waals surface area contributed by atoms with Crippen LogP contribution in [0.3, 0.4) is 0 Å². The maximum Gasteiger partial charge on any atom is 0.0802 e. The van der Waals surface area contributed by atoms with Gasteiger partial charge >= 0.3 is 0 Å². The third-order valence-electron chi connectivity index (χ3n) is 3.05. The molecule has 3 heteroatoms. The van der Waals surface area contributed by atoms with Crippen molar-refractivity contribution in [1.29, 1.82) is 0 Å². The summed E-state index contributed by atoms with van der Waals surface area (Å²) in [4.78, 5) is 2.43. The Labute approximate surface area is 119 Å². The van der Waals surface area contributed by atoms with Gasteiger partial charge in [0, 0.05) is 11.0 Å². The highest BCUT2D eigenvalue weighted by Crippen LogP contribution is 2.19. The first-order chi connectivity index (χ1) is 8.67. The highest BCUT2D eigenvalue weighted by molar-refractivity contribution is 9.10. The summed E-state index contributed by atoms with van der Waals surface area (Å²) in [5, 5.41) is 10.2. The van der Waals surface area contributed by atoms with Crippen LogP contribution >= 0.6 is 15.9 Å². The number of halogens is 1. The normalized spacial score (nSPS) is 12.9. The maximum absolute atomic E-state index is 10.2. The third kappa shape index (κ3) is 5.51. The van der Waals surface area contributed by atoms with Gasteiger partial charge in [0.15, 0.2) is 0 Å². The predicted octanol–water partition coefficient (Wildman–Crippen LogP) is 3.99. The quantitative estimate of drug-likeness (QED) is 0.784. The van der Waals surface area contributed by atoms with Crippen LogP contribution in [0.2, 0.25) is 0 Å². The minimum Gasteiger partial charge on any atom is -0.388 e. The molecule has 0 saturated carbocycles. The average Bonchev–Trinajstić information content (AvgIpc) is 2.37. The van der Waals surface area contributed by atoms with Crippen LogP contribution in [-0.4, -0.2) is 29.6 Å². The molecule has 1 unspecified atom stereocenters. The summed E-state index contributed by atoms with van der Waals surface area (Å²) in [6, 6.07) is 7.93. The van der Waals surface area contributed by atoms with Crippen molar-refractivity contribution >= 4 is 15.9 Å². The molecule has 0 fully saturated rings. The lowest BCUT2D eigenvalue weighted by Crippen LogP contribution is -2.27. The number of hydrogen-bond donors (Lipinski definition) is 1. The van der Waals surface area contributed by atoms with Crippen molar-refractivity contribution in [3.63, 3.8) is 0 Å². The van der Waals surface area contributed by atoms with E-state index in [4.69, 9.17) is 0 Å². The van der Waals surface area contributed by atoms with E-state index in [9.17, 15) is 5.11 Å². The van der Waals surface area contributed by atoms with Crippen LogP contribution in [0.15, 0.2) is 28.7 Å². The summed E-state index contributed by atoms with van der Waals surface area (Å²) < 4.78 is 1.05. The van der Waals surface area contributed by atoms with E-state index in [0.717, 1.165) is 36.1 Å². The van der Waals surface area contributed by atoms with E-state index >= 15 is 0 Å². The Kier molecular flexibility index (Phi) is 7.56. The molecule has 1 atom stereocenters. The van der Waals surface area contributed by atoms with E-state index in [2.05, 4.69) is 34.7 Å². The van der Waals surface area contributed by atoms with Gasteiger partial charge in [0.2, 0.25) is 0 Å².